The fourth-order valence-electron chi connectivity index (χ4n) is 2.33. The molecule has 2 atom stereocenters. The van der Waals surface area contributed by atoms with Gasteiger partial charge in [0.05, 0.1) is 6.04 Å². The molecule has 1 aliphatic rings. The van der Waals surface area contributed by atoms with Gasteiger partial charge in [0.1, 0.15) is 5.60 Å². The summed E-state index contributed by atoms with van der Waals surface area (Å²) in [7, 11) is 1.70. The van der Waals surface area contributed by atoms with Crippen molar-refractivity contribution in [2.75, 3.05) is 7.11 Å². The SMILES string of the molecule is CC=CC1=CC(N)C(OC)(c2ccccc2)C=C1. The quantitative estimate of drug-likeness (QED) is 0.883. The predicted octanol–water partition coefficient (Wildman–Crippen LogP) is 2.93. The highest BCUT2D eigenvalue weighted by molar-refractivity contribution is 5.43. The van der Waals surface area contributed by atoms with Crippen LogP contribution >= 0.6 is 0 Å². The zero-order valence-corrected chi connectivity index (χ0v) is 10.8. The van der Waals surface area contributed by atoms with Crippen LogP contribution < -0.4 is 5.73 Å². The zero-order chi connectivity index (χ0) is 13.0. The van der Waals surface area contributed by atoms with Crippen LogP contribution in [-0.4, -0.2) is 13.2 Å². The second-order valence-corrected chi connectivity index (χ2v) is 4.39. The van der Waals surface area contributed by atoms with Crippen molar-refractivity contribution in [2.45, 2.75) is 18.6 Å². The van der Waals surface area contributed by atoms with Crippen molar-refractivity contribution >= 4 is 0 Å². The molecular weight excluding hydrogens is 222 g/mol. The van der Waals surface area contributed by atoms with Crippen LogP contribution in [0, 0.1) is 0 Å². The second kappa shape index (κ2) is 5.34. The van der Waals surface area contributed by atoms with Crippen LogP contribution in [0.25, 0.3) is 0 Å². The third-order valence-corrected chi connectivity index (χ3v) is 3.31. The van der Waals surface area contributed by atoms with E-state index < -0.39 is 5.60 Å². The number of rotatable bonds is 3. The Morgan fingerprint density at radius 1 is 1.28 bits per heavy atom. The monoisotopic (exact) mass is 241 g/mol. The first-order chi connectivity index (χ1) is 8.73. The molecule has 0 heterocycles. The molecule has 0 amide bonds. The second-order valence-electron chi connectivity index (χ2n) is 4.39. The molecule has 94 valence electrons. The molecule has 2 N–H and O–H groups in total. The molecule has 2 rings (SSSR count). The molecular formula is C16H19NO. The van der Waals surface area contributed by atoms with E-state index in [0.29, 0.717) is 0 Å². The average Bonchev–Trinajstić information content (AvgIpc) is 2.41. The van der Waals surface area contributed by atoms with Gasteiger partial charge >= 0.3 is 0 Å². The van der Waals surface area contributed by atoms with Crippen molar-refractivity contribution in [1.82, 2.24) is 0 Å². The molecule has 0 bridgehead atoms. The van der Waals surface area contributed by atoms with Crippen molar-refractivity contribution in [3.05, 3.63) is 71.8 Å². The standard InChI is InChI=1S/C16H19NO/c1-3-7-13-10-11-16(18-2,15(17)12-13)14-8-5-4-6-9-14/h3-12,15H,17H2,1-2H3. The van der Waals surface area contributed by atoms with Crippen LogP contribution in [0.5, 0.6) is 0 Å². The van der Waals surface area contributed by atoms with Gasteiger partial charge in [-0.1, -0.05) is 54.6 Å². The molecule has 0 saturated carbocycles. The lowest BCUT2D eigenvalue weighted by Gasteiger charge is -2.36. The molecule has 1 aliphatic carbocycles. The smallest absolute Gasteiger partial charge is 0.130 e. The average molecular weight is 241 g/mol. The maximum Gasteiger partial charge on any atom is 0.130 e. The fourth-order valence-corrected chi connectivity index (χ4v) is 2.33. The van der Waals surface area contributed by atoms with Gasteiger partial charge in [0.25, 0.3) is 0 Å². The topological polar surface area (TPSA) is 35.2 Å². The molecule has 0 radical (unpaired) electrons. The number of methoxy groups -OCH3 is 1. The molecule has 0 fully saturated rings. The minimum absolute atomic E-state index is 0.193. The third kappa shape index (κ3) is 2.17. The van der Waals surface area contributed by atoms with Gasteiger partial charge in [-0.2, -0.15) is 0 Å². The first kappa shape index (κ1) is 12.8. The van der Waals surface area contributed by atoms with E-state index in [-0.39, 0.29) is 6.04 Å². The number of nitrogens with two attached hydrogens (primary N) is 1. The van der Waals surface area contributed by atoms with Gasteiger partial charge in [0.15, 0.2) is 0 Å². The summed E-state index contributed by atoms with van der Waals surface area (Å²) in [6.07, 6.45) is 10.2. The lowest BCUT2D eigenvalue weighted by Crippen LogP contribution is -2.45. The maximum atomic E-state index is 6.29. The summed E-state index contributed by atoms with van der Waals surface area (Å²) >= 11 is 0. The van der Waals surface area contributed by atoms with Gasteiger partial charge in [-0.25, -0.2) is 0 Å². The normalized spacial score (nSPS) is 27.5. The molecule has 0 spiro atoms. The molecule has 2 heteroatoms. The highest BCUT2D eigenvalue weighted by atomic mass is 16.5. The Bertz CT molecular complexity index is 487. The van der Waals surface area contributed by atoms with E-state index in [0.717, 1.165) is 11.1 Å². The van der Waals surface area contributed by atoms with Crippen molar-refractivity contribution in [3.8, 4) is 0 Å². The van der Waals surface area contributed by atoms with Crippen molar-refractivity contribution < 1.29 is 4.74 Å². The van der Waals surface area contributed by atoms with E-state index in [9.17, 15) is 0 Å². The summed E-state index contributed by atoms with van der Waals surface area (Å²) in [5.74, 6) is 0. The summed E-state index contributed by atoms with van der Waals surface area (Å²) in [5.41, 5.74) is 7.92. The van der Waals surface area contributed by atoms with Gasteiger partial charge in [-0.15, -0.1) is 0 Å². The largest absolute Gasteiger partial charge is 0.367 e. The van der Waals surface area contributed by atoms with Crippen LogP contribution in [0.3, 0.4) is 0 Å². The Kier molecular flexibility index (Phi) is 3.80. The first-order valence-electron chi connectivity index (χ1n) is 6.13. The number of benzene rings is 1. The van der Waals surface area contributed by atoms with Crippen molar-refractivity contribution in [3.63, 3.8) is 0 Å². The minimum atomic E-state index is -0.563. The lowest BCUT2D eigenvalue weighted by molar-refractivity contribution is 0.0171. The van der Waals surface area contributed by atoms with E-state index >= 15 is 0 Å². The van der Waals surface area contributed by atoms with Crippen LogP contribution in [0.15, 0.2) is 66.3 Å². The van der Waals surface area contributed by atoms with E-state index in [1.165, 1.54) is 0 Å². The Hall–Kier alpha value is -1.64. The number of allylic oxidation sites excluding steroid dienone is 4. The van der Waals surface area contributed by atoms with Crippen LogP contribution in [0.2, 0.25) is 0 Å². The fraction of sp³-hybridized carbons (Fsp3) is 0.250. The van der Waals surface area contributed by atoms with Gasteiger partial charge in [0, 0.05) is 7.11 Å². The zero-order valence-electron chi connectivity index (χ0n) is 10.8. The highest BCUT2D eigenvalue weighted by Crippen LogP contribution is 2.34. The maximum absolute atomic E-state index is 6.29. The Labute approximate surface area is 108 Å². The molecule has 2 unspecified atom stereocenters. The molecule has 18 heavy (non-hydrogen) atoms. The van der Waals surface area contributed by atoms with Gasteiger partial charge in [-0.05, 0) is 24.1 Å². The van der Waals surface area contributed by atoms with E-state index in [2.05, 4.69) is 6.08 Å². The van der Waals surface area contributed by atoms with E-state index in [1.807, 2.05) is 61.6 Å². The molecule has 2 nitrogen and oxygen atoms in total. The van der Waals surface area contributed by atoms with Crippen LogP contribution in [0.4, 0.5) is 0 Å². The van der Waals surface area contributed by atoms with Crippen molar-refractivity contribution in [2.24, 2.45) is 5.73 Å². The van der Waals surface area contributed by atoms with E-state index in [1.54, 1.807) is 7.11 Å². The minimum Gasteiger partial charge on any atom is -0.367 e. The van der Waals surface area contributed by atoms with E-state index in [4.69, 9.17) is 10.5 Å². The highest BCUT2D eigenvalue weighted by Gasteiger charge is 2.36. The predicted molar refractivity (Wildman–Crippen MR) is 75.1 cm³/mol. The summed E-state index contributed by atoms with van der Waals surface area (Å²) in [5, 5.41) is 0. The lowest BCUT2D eigenvalue weighted by atomic mass is 9.81. The van der Waals surface area contributed by atoms with Crippen LogP contribution in [0.1, 0.15) is 12.5 Å². The summed E-state index contributed by atoms with van der Waals surface area (Å²) < 4.78 is 5.72. The van der Waals surface area contributed by atoms with Gasteiger partial charge in [-0.3, -0.25) is 0 Å². The molecule has 0 aliphatic heterocycles. The Balaban J connectivity index is 2.40. The Morgan fingerprint density at radius 3 is 2.56 bits per heavy atom. The molecule has 1 aromatic carbocycles. The first-order valence-corrected chi connectivity index (χ1v) is 6.13. The summed E-state index contributed by atoms with van der Waals surface area (Å²) in [6.45, 7) is 2.00. The van der Waals surface area contributed by atoms with Crippen LogP contribution in [-0.2, 0) is 10.3 Å². The number of hydrogen-bond donors (Lipinski definition) is 1. The van der Waals surface area contributed by atoms with Crippen molar-refractivity contribution in [1.29, 1.82) is 0 Å². The number of ether oxygens (including phenoxy) is 1. The van der Waals surface area contributed by atoms with Gasteiger partial charge in [0.2, 0.25) is 0 Å². The summed E-state index contributed by atoms with van der Waals surface area (Å²) in [4.78, 5) is 0. The summed E-state index contributed by atoms with van der Waals surface area (Å²) in [6, 6.07) is 9.89. The Morgan fingerprint density at radius 2 is 2.00 bits per heavy atom. The number of hydrogen-bond acceptors (Lipinski definition) is 2. The van der Waals surface area contributed by atoms with Gasteiger partial charge < -0.3 is 10.5 Å². The molecule has 0 saturated heterocycles. The molecule has 0 aromatic heterocycles. The third-order valence-electron chi connectivity index (χ3n) is 3.31. The molecule has 1 aromatic rings.